The van der Waals surface area contributed by atoms with Crippen molar-refractivity contribution >= 4 is 22.4 Å². The van der Waals surface area contributed by atoms with Crippen LogP contribution in [0.3, 0.4) is 0 Å². The number of aromatic amines is 1. The zero-order valence-corrected chi connectivity index (χ0v) is 17.6. The molecular formula is C23H33N3O. The Hall–Kier alpha value is -2.07. The Morgan fingerprint density at radius 3 is 2.63 bits per heavy atom. The largest absolute Gasteiger partial charge is 0.359 e. The minimum absolute atomic E-state index is 0.0752. The van der Waals surface area contributed by atoms with Gasteiger partial charge >= 0.3 is 0 Å². The van der Waals surface area contributed by atoms with Crippen LogP contribution in [0.5, 0.6) is 0 Å². The van der Waals surface area contributed by atoms with Crippen LogP contribution in [0.25, 0.3) is 16.5 Å². The SMILES string of the molecule is CCC.CCc1ccc2c3c(c(C)[nH]c13)CC1C2=CC(C(=O)NC)CN1C. The van der Waals surface area contributed by atoms with Crippen LogP contribution in [-0.2, 0) is 17.6 Å². The van der Waals surface area contributed by atoms with Crippen LogP contribution in [0.15, 0.2) is 18.2 Å². The fourth-order valence-electron chi connectivity index (χ4n) is 4.47. The number of aromatic nitrogens is 1. The number of rotatable bonds is 2. The van der Waals surface area contributed by atoms with Gasteiger partial charge in [0.2, 0.25) is 5.91 Å². The van der Waals surface area contributed by atoms with Crippen molar-refractivity contribution in [3.63, 3.8) is 0 Å². The molecule has 0 radical (unpaired) electrons. The minimum Gasteiger partial charge on any atom is -0.359 e. The van der Waals surface area contributed by atoms with E-state index in [0.29, 0.717) is 6.04 Å². The molecule has 4 rings (SSSR count). The van der Waals surface area contributed by atoms with Gasteiger partial charge in [-0.25, -0.2) is 0 Å². The zero-order valence-electron chi connectivity index (χ0n) is 17.6. The number of H-pyrrole nitrogens is 1. The molecule has 1 amide bonds. The number of hydrogen-bond donors (Lipinski definition) is 2. The Morgan fingerprint density at radius 2 is 2.00 bits per heavy atom. The van der Waals surface area contributed by atoms with Gasteiger partial charge in [0.15, 0.2) is 0 Å². The maximum absolute atomic E-state index is 12.2. The van der Waals surface area contributed by atoms with E-state index in [4.69, 9.17) is 0 Å². The summed E-state index contributed by atoms with van der Waals surface area (Å²) in [6, 6.07) is 4.86. The second-order valence-corrected chi connectivity index (χ2v) is 7.81. The molecule has 2 heterocycles. The van der Waals surface area contributed by atoms with E-state index in [2.05, 4.69) is 68.2 Å². The summed E-state index contributed by atoms with van der Waals surface area (Å²) in [5, 5.41) is 4.18. The van der Waals surface area contributed by atoms with Gasteiger partial charge in [-0.05, 0) is 49.1 Å². The summed E-state index contributed by atoms with van der Waals surface area (Å²) in [6.07, 6.45) is 5.50. The number of hydrogen-bond acceptors (Lipinski definition) is 2. The Balaban J connectivity index is 0.000000659. The Bertz CT molecular complexity index is 877. The molecule has 2 aliphatic rings. The molecule has 2 atom stereocenters. The molecule has 1 aromatic carbocycles. The average Bonchev–Trinajstić information content (AvgIpc) is 2.99. The predicted molar refractivity (Wildman–Crippen MR) is 114 cm³/mol. The van der Waals surface area contributed by atoms with E-state index in [9.17, 15) is 4.79 Å². The van der Waals surface area contributed by atoms with Crippen molar-refractivity contribution in [2.24, 2.45) is 5.92 Å². The number of aryl methyl sites for hydroxylation is 2. The van der Waals surface area contributed by atoms with Crippen LogP contribution in [0.1, 0.15) is 49.6 Å². The molecule has 146 valence electrons. The molecule has 1 aliphatic carbocycles. The molecule has 0 bridgehead atoms. The third-order valence-electron chi connectivity index (χ3n) is 5.79. The van der Waals surface area contributed by atoms with Gasteiger partial charge in [-0.15, -0.1) is 0 Å². The third-order valence-corrected chi connectivity index (χ3v) is 5.79. The normalized spacial score (nSPS) is 21.2. The van der Waals surface area contributed by atoms with Crippen molar-refractivity contribution in [2.45, 2.75) is 53.0 Å². The summed E-state index contributed by atoms with van der Waals surface area (Å²) >= 11 is 0. The molecule has 0 fully saturated rings. The summed E-state index contributed by atoms with van der Waals surface area (Å²) in [6.45, 7) is 9.42. The van der Waals surface area contributed by atoms with Crippen LogP contribution < -0.4 is 5.32 Å². The summed E-state index contributed by atoms with van der Waals surface area (Å²) < 4.78 is 0. The van der Waals surface area contributed by atoms with Crippen LogP contribution in [0.2, 0.25) is 0 Å². The molecule has 27 heavy (non-hydrogen) atoms. The molecule has 2 N–H and O–H groups in total. The Labute approximate surface area is 163 Å². The standard InChI is InChI=1S/C20H25N3O.C3H8/c1-5-12-6-7-14-16-8-13(20(24)21-3)10-23(4)17(16)9-15-11(2)22-19(12)18(14)15;1-3-2/h6-8,13,17,22H,5,9-10H2,1-4H3,(H,21,24);3H2,1-2H3. The van der Waals surface area contributed by atoms with Crippen molar-refractivity contribution in [3.8, 4) is 0 Å². The molecule has 0 spiro atoms. The van der Waals surface area contributed by atoms with Crippen molar-refractivity contribution in [3.05, 3.63) is 40.6 Å². The Morgan fingerprint density at radius 1 is 1.30 bits per heavy atom. The van der Waals surface area contributed by atoms with Gasteiger partial charge in [0, 0.05) is 36.2 Å². The minimum atomic E-state index is -0.0752. The number of carbonyl (C=O) groups excluding carboxylic acids is 1. The lowest BCUT2D eigenvalue weighted by Crippen LogP contribution is -2.46. The number of likely N-dealkylation sites (N-methyl/N-ethyl adjacent to an activating group) is 1. The number of amides is 1. The highest BCUT2D eigenvalue weighted by molar-refractivity contribution is 6.01. The first-order chi connectivity index (χ1) is 13.0. The second-order valence-electron chi connectivity index (χ2n) is 7.81. The van der Waals surface area contributed by atoms with Crippen LogP contribution >= 0.6 is 0 Å². The van der Waals surface area contributed by atoms with Gasteiger partial charge in [-0.3, -0.25) is 9.69 Å². The van der Waals surface area contributed by atoms with E-state index < -0.39 is 0 Å². The maximum Gasteiger partial charge on any atom is 0.227 e. The van der Waals surface area contributed by atoms with E-state index in [-0.39, 0.29) is 11.8 Å². The summed E-state index contributed by atoms with van der Waals surface area (Å²) in [4.78, 5) is 18.2. The molecule has 1 aliphatic heterocycles. The number of fused-ring (bicyclic) bond motifs is 2. The van der Waals surface area contributed by atoms with Crippen molar-refractivity contribution < 1.29 is 4.79 Å². The third kappa shape index (κ3) is 3.31. The van der Waals surface area contributed by atoms with Crippen molar-refractivity contribution in [2.75, 3.05) is 20.6 Å². The highest BCUT2D eigenvalue weighted by atomic mass is 16.1. The first-order valence-corrected chi connectivity index (χ1v) is 10.2. The summed E-state index contributed by atoms with van der Waals surface area (Å²) in [7, 11) is 3.86. The van der Waals surface area contributed by atoms with E-state index in [1.807, 2.05) is 0 Å². The summed E-state index contributed by atoms with van der Waals surface area (Å²) in [5.41, 5.74) is 8.01. The van der Waals surface area contributed by atoms with Crippen LogP contribution in [0, 0.1) is 12.8 Å². The maximum atomic E-state index is 12.2. The highest BCUT2D eigenvalue weighted by Gasteiger charge is 2.36. The molecule has 2 aromatic rings. The molecule has 4 nitrogen and oxygen atoms in total. The van der Waals surface area contributed by atoms with Gasteiger partial charge in [-0.1, -0.05) is 45.4 Å². The number of carbonyl (C=O) groups is 1. The molecule has 0 saturated heterocycles. The smallest absolute Gasteiger partial charge is 0.227 e. The monoisotopic (exact) mass is 367 g/mol. The quantitative estimate of drug-likeness (QED) is 0.840. The van der Waals surface area contributed by atoms with Crippen LogP contribution in [0.4, 0.5) is 0 Å². The zero-order chi connectivity index (χ0) is 19.7. The lowest BCUT2D eigenvalue weighted by molar-refractivity contribution is -0.123. The molecule has 4 heteroatoms. The van der Waals surface area contributed by atoms with Gasteiger partial charge in [0.05, 0.1) is 5.92 Å². The van der Waals surface area contributed by atoms with E-state index in [1.165, 1.54) is 45.3 Å². The topological polar surface area (TPSA) is 48.1 Å². The van der Waals surface area contributed by atoms with Crippen LogP contribution in [-0.4, -0.2) is 42.5 Å². The molecule has 1 aromatic heterocycles. The van der Waals surface area contributed by atoms with Gasteiger partial charge in [0.1, 0.15) is 0 Å². The fraction of sp³-hybridized carbons (Fsp3) is 0.522. The van der Waals surface area contributed by atoms with Gasteiger partial charge in [0.25, 0.3) is 0 Å². The Kier molecular flexibility index (Phi) is 5.75. The average molecular weight is 368 g/mol. The summed E-state index contributed by atoms with van der Waals surface area (Å²) in [5.74, 6) is 0.0269. The van der Waals surface area contributed by atoms with E-state index >= 15 is 0 Å². The van der Waals surface area contributed by atoms with Gasteiger partial charge < -0.3 is 10.3 Å². The van der Waals surface area contributed by atoms with Crippen molar-refractivity contribution in [1.82, 2.24) is 15.2 Å². The van der Waals surface area contributed by atoms with Gasteiger partial charge in [-0.2, -0.15) is 0 Å². The predicted octanol–water partition coefficient (Wildman–Crippen LogP) is 4.07. The second kappa shape index (κ2) is 7.89. The van der Waals surface area contributed by atoms with E-state index in [1.54, 1.807) is 7.05 Å². The molecular weight excluding hydrogens is 334 g/mol. The number of nitrogens with one attached hydrogen (secondary N) is 2. The lowest BCUT2D eigenvalue weighted by atomic mass is 9.78. The van der Waals surface area contributed by atoms with Crippen molar-refractivity contribution in [1.29, 1.82) is 0 Å². The van der Waals surface area contributed by atoms with E-state index in [0.717, 1.165) is 19.4 Å². The lowest BCUT2D eigenvalue weighted by Gasteiger charge is -2.39. The molecule has 2 unspecified atom stereocenters. The number of nitrogens with zero attached hydrogens (tertiary/aromatic N) is 1. The first kappa shape index (κ1) is 19.7. The first-order valence-electron chi connectivity index (χ1n) is 10.2. The molecule has 0 saturated carbocycles. The fourth-order valence-corrected chi connectivity index (χ4v) is 4.47. The highest BCUT2D eigenvalue weighted by Crippen LogP contribution is 2.43. The number of benzene rings is 1.